The van der Waals surface area contributed by atoms with Crippen molar-refractivity contribution in [3.05, 3.63) is 0 Å². The molecule has 0 heterocycles. The molecular formula is C15H29NO. The van der Waals surface area contributed by atoms with Crippen LogP contribution in [0.3, 0.4) is 0 Å². The van der Waals surface area contributed by atoms with E-state index in [1.807, 2.05) is 0 Å². The minimum absolute atomic E-state index is 0.529. The van der Waals surface area contributed by atoms with Crippen LogP contribution in [0.2, 0.25) is 0 Å². The zero-order valence-corrected chi connectivity index (χ0v) is 11.9. The van der Waals surface area contributed by atoms with Crippen LogP contribution in [0, 0.1) is 17.8 Å². The van der Waals surface area contributed by atoms with Crippen molar-refractivity contribution >= 4 is 0 Å². The normalized spacial score (nSPS) is 42.5. The summed E-state index contributed by atoms with van der Waals surface area (Å²) in [6.07, 6.45) is 7.53. The number of rotatable bonds is 4. The lowest BCUT2D eigenvalue weighted by Gasteiger charge is -2.43. The minimum Gasteiger partial charge on any atom is -0.375 e. The van der Waals surface area contributed by atoms with E-state index in [1.165, 1.54) is 32.1 Å². The number of ether oxygens (including phenoxy) is 1. The number of hydrogen-bond acceptors (Lipinski definition) is 2. The van der Waals surface area contributed by atoms with Crippen molar-refractivity contribution in [2.24, 2.45) is 17.8 Å². The van der Waals surface area contributed by atoms with Crippen molar-refractivity contribution in [3.63, 3.8) is 0 Å². The molecule has 2 heteroatoms. The molecule has 0 bridgehead atoms. The monoisotopic (exact) mass is 239 g/mol. The third-order valence-electron chi connectivity index (χ3n) is 4.83. The largest absolute Gasteiger partial charge is 0.375 e. The van der Waals surface area contributed by atoms with Gasteiger partial charge in [-0.1, -0.05) is 27.2 Å². The van der Waals surface area contributed by atoms with Crippen molar-refractivity contribution in [1.29, 1.82) is 0 Å². The van der Waals surface area contributed by atoms with E-state index in [9.17, 15) is 0 Å². The summed E-state index contributed by atoms with van der Waals surface area (Å²) in [7, 11) is 2.06. The Morgan fingerprint density at radius 3 is 2.41 bits per heavy atom. The van der Waals surface area contributed by atoms with Crippen molar-refractivity contribution in [3.8, 4) is 0 Å². The van der Waals surface area contributed by atoms with Crippen LogP contribution in [0.25, 0.3) is 0 Å². The molecule has 3 unspecified atom stereocenters. The Bertz CT molecular complexity index is 235. The summed E-state index contributed by atoms with van der Waals surface area (Å²) >= 11 is 0. The second-order valence-electron chi connectivity index (χ2n) is 6.58. The van der Waals surface area contributed by atoms with E-state index in [-0.39, 0.29) is 0 Å². The molecule has 0 radical (unpaired) electrons. The first-order valence-electron chi connectivity index (χ1n) is 7.42. The van der Waals surface area contributed by atoms with Gasteiger partial charge in [-0.3, -0.25) is 0 Å². The van der Waals surface area contributed by atoms with E-state index in [2.05, 4.69) is 33.1 Å². The first-order chi connectivity index (χ1) is 8.10. The Morgan fingerprint density at radius 2 is 1.82 bits per heavy atom. The standard InChI is InChI=1S/C15H29NO/c1-10(2)14-6-5-11(3)7-15(14)17-13-8-12(9-13)16-4/h10-16H,5-9H2,1-4H3. The van der Waals surface area contributed by atoms with Gasteiger partial charge in [-0.05, 0) is 50.5 Å². The molecule has 0 saturated heterocycles. The predicted molar refractivity (Wildman–Crippen MR) is 72.1 cm³/mol. The maximum atomic E-state index is 6.36. The first kappa shape index (κ1) is 13.4. The van der Waals surface area contributed by atoms with E-state index in [1.54, 1.807) is 0 Å². The lowest BCUT2D eigenvalue weighted by Crippen LogP contribution is -2.47. The molecule has 2 aliphatic carbocycles. The summed E-state index contributed by atoms with van der Waals surface area (Å²) < 4.78 is 6.36. The van der Waals surface area contributed by atoms with Gasteiger partial charge in [0.25, 0.3) is 0 Å². The maximum absolute atomic E-state index is 6.36. The lowest BCUT2D eigenvalue weighted by atomic mass is 9.75. The molecule has 3 atom stereocenters. The summed E-state index contributed by atoms with van der Waals surface area (Å²) in [6.45, 7) is 7.09. The van der Waals surface area contributed by atoms with Gasteiger partial charge < -0.3 is 10.1 Å². The van der Waals surface area contributed by atoms with E-state index in [4.69, 9.17) is 4.74 Å². The highest BCUT2D eigenvalue weighted by Crippen LogP contribution is 2.38. The molecule has 2 fully saturated rings. The third-order valence-corrected chi connectivity index (χ3v) is 4.83. The Labute approximate surface area is 107 Å². The lowest BCUT2D eigenvalue weighted by molar-refractivity contribution is -0.113. The van der Waals surface area contributed by atoms with Crippen molar-refractivity contribution in [2.75, 3.05) is 7.05 Å². The van der Waals surface area contributed by atoms with Gasteiger partial charge in [0.05, 0.1) is 12.2 Å². The van der Waals surface area contributed by atoms with Gasteiger partial charge in [0.2, 0.25) is 0 Å². The van der Waals surface area contributed by atoms with Crippen molar-refractivity contribution < 1.29 is 4.74 Å². The topological polar surface area (TPSA) is 21.3 Å². The Balaban J connectivity index is 1.83. The van der Waals surface area contributed by atoms with Gasteiger partial charge >= 0.3 is 0 Å². The second kappa shape index (κ2) is 5.71. The van der Waals surface area contributed by atoms with Gasteiger partial charge in [0, 0.05) is 6.04 Å². The SMILES string of the molecule is CNC1CC(OC2CC(C)CCC2C(C)C)C1. The van der Waals surface area contributed by atoms with Crippen LogP contribution in [0.15, 0.2) is 0 Å². The molecule has 2 aliphatic rings. The zero-order chi connectivity index (χ0) is 12.4. The minimum atomic E-state index is 0.529. The van der Waals surface area contributed by atoms with Crippen LogP contribution in [0.4, 0.5) is 0 Å². The third kappa shape index (κ3) is 3.23. The second-order valence-corrected chi connectivity index (χ2v) is 6.58. The number of nitrogens with one attached hydrogen (secondary N) is 1. The molecule has 0 aromatic heterocycles. The van der Waals surface area contributed by atoms with Crippen LogP contribution in [0.5, 0.6) is 0 Å². The van der Waals surface area contributed by atoms with E-state index in [0.717, 1.165) is 17.8 Å². The zero-order valence-electron chi connectivity index (χ0n) is 11.9. The van der Waals surface area contributed by atoms with Gasteiger partial charge in [-0.15, -0.1) is 0 Å². The summed E-state index contributed by atoms with van der Waals surface area (Å²) in [5.41, 5.74) is 0. The highest BCUT2D eigenvalue weighted by Gasteiger charge is 2.36. The maximum Gasteiger partial charge on any atom is 0.0612 e. The average molecular weight is 239 g/mol. The number of hydrogen-bond donors (Lipinski definition) is 1. The fourth-order valence-corrected chi connectivity index (χ4v) is 3.43. The van der Waals surface area contributed by atoms with Gasteiger partial charge in [-0.2, -0.15) is 0 Å². The van der Waals surface area contributed by atoms with E-state index < -0.39 is 0 Å². The van der Waals surface area contributed by atoms with Gasteiger partial charge in [0.15, 0.2) is 0 Å². The van der Waals surface area contributed by atoms with E-state index >= 15 is 0 Å². The Hall–Kier alpha value is -0.0800. The molecule has 0 spiro atoms. The fourth-order valence-electron chi connectivity index (χ4n) is 3.43. The fraction of sp³-hybridized carbons (Fsp3) is 1.00. The van der Waals surface area contributed by atoms with Crippen LogP contribution in [-0.4, -0.2) is 25.3 Å². The average Bonchev–Trinajstić information content (AvgIpc) is 2.22. The molecule has 0 aromatic rings. The highest BCUT2D eigenvalue weighted by molar-refractivity contribution is 4.88. The van der Waals surface area contributed by atoms with Crippen LogP contribution in [0.1, 0.15) is 52.9 Å². The Morgan fingerprint density at radius 1 is 1.12 bits per heavy atom. The summed E-state index contributed by atoms with van der Waals surface area (Å²) in [5, 5.41) is 3.33. The Kier molecular flexibility index (Phi) is 4.48. The molecule has 0 aliphatic heterocycles. The molecule has 0 amide bonds. The van der Waals surface area contributed by atoms with Crippen LogP contribution < -0.4 is 5.32 Å². The van der Waals surface area contributed by atoms with E-state index in [0.29, 0.717) is 18.2 Å². The molecule has 17 heavy (non-hydrogen) atoms. The predicted octanol–water partition coefficient (Wildman–Crippen LogP) is 3.21. The van der Waals surface area contributed by atoms with Crippen molar-refractivity contribution in [2.45, 2.75) is 71.1 Å². The van der Waals surface area contributed by atoms with Crippen LogP contribution >= 0.6 is 0 Å². The quantitative estimate of drug-likeness (QED) is 0.813. The highest BCUT2D eigenvalue weighted by atomic mass is 16.5. The van der Waals surface area contributed by atoms with Gasteiger partial charge in [0.1, 0.15) is 0 Å². The van der Waals surface area contributed by atoms with Gasteiger partial charge in [-0.25, -0.2) is 0 Å². The smallest absolute Gasteiger partial charge is 0.0612 e. The summed E-state index contributed by atoms with van der Waals surface area (Å²) in [6, 6.07) is 0.707. The molecule has 2 saturated carbocycles. The van der Waals surface area contributed by atoms with Crippen LogP contribution in [-0.2, 0) is 4.74 Å². The molecular weight excluding hydrogens is 210 g/mol. The first-order valence-corrected chi connectivity index (χ1v) is 7.42. The molecule has 1 N–H and O–H groups in total. The molecule has 100 valence electrons. The van der Waals surface area contributed by atoms with Crippen molar-refractivity contribution in [1.82, 2.24) is 5.32 Å². The summed E-state index contributed by atoms with van der Waals surface area (Å²) in [4.78, 5) is 0. The molecule has 2 nitrogen and oxygen atoms in total. The summed E-state index contributed by atoms with van der Waals surface area (Å²) in [5.74, 6) is 2.42. The molecule has 0 aromatic carbocycles. The molecule has 2 rings (SSSR count).